The molecular formula is C18H26N2O2. The Morgan fingerprint density at radius 1 is 1.23 bits per heavy atom. The van der Waals surface area contributed by atoms with Crippen LogP contribution in [0.4, 0.5) is 5.69 Å². The largest absolute Gasteiger partial charge is 0.477 e. The van der Waals surface area contributed by atoms with Crippen molar-refractivity contribution in [1.29, 1.82) is 0 Å². The van der Waals surface area contributed by atoms with Crippen LogP contribution >= 0.6 is 0 Å². The summed E-state index contributed by atoms with van der Waals surface area (Å²) in [5.41, 5.74) is 1.12. The third kappa shape index (κ3) is 3.21. The number of unbranched alkanes of at least 4 members (excludes halogenated alkanes) is 1. The maximum atomic E-state index is 12.8. The fourth-order valence-corrected chi connectivity index (χ4v) is 3.31. The van der Waals surface area contributed by atoms with Crippen LogP contribution in [0.15, 0.2) is 24.3 Å². The summed E-state index contributed by atoms with van der Waals surface area (Å²) in [5.74, 6) is 1.01. The van der Waals surface area contributed by atoms with E-state index >= 15 is 0 Å². The zero-order valence-corrected chi connectivity index (χ0v) is 13.5. The third-order valence-electron chi connectivity index (χ3n) is 4.59. The number of hydrogen-bond acceptors (Lipinski definition) is 3. The van der Waals surface area contributed by atoms with E-state index in [1.807, 2.05) is 23.1 Å². The number of ether oxygens (including phenoxy) is 1. The molecule has 2 aliphatic rings. The number of likely N-dealkylation sites (tertiary alicyclic amines) is 1. The highest BCUT2D eigenvalue weighted by Gasteiger charge is 2.33. The van der Waals surface area contributed by atoms with Gasteiger partial charge in [0.15, 0.2) is 6.10 Å². The molecule has 1 aromatic carbocycles. The molecule has 120 valence electrons. The monoisotopic (exact) mass is 302 g/mol. The number of piperidine rings is 1. The Balaban J connectivity index is 1.75. The van der Waals surface area contributed by atoms with Gasteiger partial charge in [-0.25, -0.2) is 0 Å². The third-order valence-corrected chi connectivity index (χ3v) is 4.59. The number of rotatable bonds is 4. The molecule has 1 aromatic rings. The first-order valence-corrected chi connectivity index (χ1v) is 8.59. The highest BCUT2D eigenvalue weighted by molar-refractivity contribution is 5.83. The van der Waals surface area contributed by atoms with Gasteiger partial charge in [0, 0.05) is 19.6 Å². The lowest BCUT2D eigenvalue weighted by atomic mass is 10.1. The van der Waals surface area contributed by atoms with Gasteiger partial charge in [-0.05, 0) is 37.8 Å². The Kier molecular flexibility index (Phi) is 4.86. The number of anilines is 1. The SMILES string of the molecule is CCCCN1CC(C(=O)N2CCCCC2)Oc2ccccc21. The molecule has 1 unspecified atom stereocenters. The summed E-state index contributed by atoms with van der Waals surface area (Å²) in [7, 11) is 0. The number of para-hydroxylation sites is 2. The van der Waals surface area contributed by atoms with E-state index in [1.54, 1.807) is 0 Å². The van der Waals surface area contributed by atoms with Gasteiger partial charge in [0.25, 0.3) is 5.91 Å². The zero-order chi connectivity index (χ0) is 15.4. The molecule has 1 amide bonds. The Labute approximate surface area is 133 Å². The zero-order valence-electron chi connectivity index (χ0n) is 13.5. The van der Waals surface area contributed by atoms with Gasteiger partial charge in [-0.15, -0.1) is 0 Å². The van der Waals surface area contributed by atoms with Crippen molar-refractivity contribution in [2.45, 2.75) is 45.1 Å². The fraction of sp³-hybridized carbons (Fsp3) is 0.611. The molecule has 1 atom stereocenters. The van der Waals surface area contributed by atoms with Crippen molar-refractivity contribution in [3.8, 4) is 5.75 Å². The minimum atomic E-state index is -0.357. The summed E-state index contributed by atoms with van der Waals surface area (Å²) in [6.07, 6.45) is 5.41. The summed E-state index contributed by atoms with van der Waals surface area (Å²) < 4.78 is 6.02. The van der Waals surface area contributed by atoms with E-state index in [2.05, 4.69) is 17.9 Å². The van der Waals surface area contributed by atoms with Gasteiger partial charge < -0.3 is 14.5 Å². The van der Waals surface area contributed by atoms with Crippen LogP contribution in [0.5, 0.6) is 5.75 Å². The topological polar surface area (TPSA) is 32.8 Å². The second-order valence-electron chi connectivity index (χ2n) is 6.26. The first-order valence-electron chi connectivity index (χ1n) is 8.59. The van der Waals surface area contributed by atoms with Crippen LogP contribution in [0.1, 0.15) is 39.0 Å². The summed E-state index contributed by atoms with van der Waals surface area (Å²) in [4.78, 5) is 17.1. The van der Waals surface area contributed by atoms with E-state index in [1.165, 1.54) is 6.42 Å². The second-order valence-corrected chi connectivity index (χ2v) is 6.26. The van der Waals surface area contributed by atoms with Gasteiger partial charge in [0.2, 0.25) is 0 Å². The van der Waals surface area contributed by atoms with E-state index < -0.39 is 0 Å². The predicted molar refractivity (Wildman–Crippen MR) is 88.4 cm³/mol. The maximum Gasteiger partial charge on any atom is 0.265 e. The maximum absolute atomic E-state index is 12.8. The Morgan fingerprint density at radius 2 is 2.00 bits per heavy atom. The molecule has 2 aliphatic heterocycles. The molecule has 0 bridgehead atoms. The van der Waals surface area contributed by atoms with E-state index in [0.717, 1.165) is 56.8 Å². The van der Waals surface area contributed by atoms with Crippen molar-refractivity contribution in [3.63, 3.8) is 0 Å². The van der Waals surface area contributed by atoms with E-state index in [9.17, 15) is 4.79 Å². The molecule has 2 heterocycles. The summed E-state index contributed by atoms with van der Waals surface area (Å²) in [6, 6.07) is 8.08. The molecule has 0 N–H and O–H groups in total. The van der Waals surface area contributed by atoms with Crippen LogP contribution in [-0.4, -0.2) is 43.1 Å². The van der Waals surface area contributed by atoms with Crippen molar-refractivity contribution in [3.05, 3.63) is 24.3 Å². The lowest BCUT2D eigenvalue weighted by Gasteiger charge is -2.38. The number of benzene rings is 1. The first-order chi connectivity index (χ1) is 10.8. The lowest BCUT2D eigenvalue weighted by molar-refractivity contribution is -0.139. The van der Waals surface area contributed by atoms with Gasteiger partial charge in [-0.2, -0.15) is 0 Å². The van der Waals surface area contributed by atoms with Gasteiger partial charge in [-0.3, -0.25) is 4.79 Å². The number of fused-ring (bicyclic) bond motifs is 1. The van der Waals surface area contributed by atoms with E-state index in [0.29, 0.717) is 6.54 Å². The van der Waals surface area contributed by atoms with Gasteiger partial charge in [0.1, 0.15) is 5.75 Å². The van der Waals surface area contributed by atoms with Crippen molar-refractivity contribution < 1.29 is 9.53 Å². The lowest BCUT2D eigenvalue weighted by Crippen LogP contribution is -2.51. The number of carbonyl (C=O) groups is 1. The fourth-order valence-electron chi connectivity index (χ4n) is 3.31. The highest BCUT2D eigenvalue weighted by atomic mass is 16.5. The average Bonchev–Trinajstić information content (AvgIpc) is 2.59. The van der Waals surface area contributed by atoms with Crippen molar-refractivity contribution >= 4 is 11.6 Å². The summed E-state index contributed by atoms with van der Waals surface area (Å²) in [6.45, 7) is 5.63. The molecule has 1 fully saturated rings. The summed E-state index contributed by atoms with van der Waals surface area (Å²) >= 11 is 0. The van der Waals surface area contributed by atoms with Gasteiger partial charge in [-0.1, -0.05) is 25.5 Å². The van der Waals surface area contributed by atoms with Gasteiger partial charge in [0.05, 0.1) is 12.2 Å². The number of carbonyl (C=O) groups excluding carboxylic acids is 1. The molecule has 0 aliphatic carbocycles. The molecule has 0 radical (unpaired) electrons. The molecule has 4 nitrogen and oxygen atoms in total. The van der Waals surface area contributed by atoms with Crippen molar-refractivity contribution in [2.75, 3.05) is 31.1 Å². The van der Waals surface area contributed by atoms with E-state index in [4.69, 9.17) is 4.74 Å². The normalized spacial score (nSPS) is 21.2. The smallest absolute Gasteiger partial charge is 0.265 e. The molecule has 4 heteroatoms. The molecule has 0 saturated carbocycles. The molecule has 0 spiro atoms. The molecule has 1 saturated heterocycles. The van der Waals surface area contributed by atoms with Gasteiger partial charge >= 0.3 is 0 Å². The quantitative estimate of drug-likeness (QED) is 0.857. The summed E-state index contributed by atoms with van der Waals surface area (Å²) in [5, 5.41) is 0. The first kappa shape index (κ1) is 15.2. The Bertz CT molecular complexity index is 512. The van der Waals surface area contributed by atoms with E-state index in [-0.39, 0.29) is 12.0 Å². The highest BCUT2D eigenvalue weighted by Crippen LogP contribution is 2.33. The van der Waals surface area contributed by atoms with Crippen molar-refractivity contribution in [2.24, 2.45) is 0 Å². The Morgan fingerprint density at radius 3 is 2.77 bits per heavy atom. The van der Waals surface area contributed by atoms with Crippen LogP contribution in [-0.2, 0) is 4.79 Å². The number of hydrogen-bond donors (Lipinski definition) is 0. The molecule has 0 aromatic heterocycles. The Hall–Kier alpha value is -1.71. The standard InChI is InChI=1S/C18H26N2O2/c1-2-3-11-20-14-17(18(21)19-12-7-4-8-13-19)22-16-10-6-5-9-15(16)20/h5-6,9-10,17H,2-4,7-8,11-14H2,1H3. The van der Waals surface area contributed by atoms with Crippen LogP contribution in [0.2, 0.25) is 0 Å². The minimum absolute atomic E-state index is 0.163. The molecule has 22 heavy (non-hydrogen) atoms. The molecule has 3 rings (SSSR count). The minimum Gasteiger partial charge on any atom is -0.477 e. The van der Waals surface area contributed by atoms with Crippen LogP contribution in [0, 0.1) is 0 Å². The second kappa shape index (κ2) is 7.03. The number of nitrogens with zero attached hydrogens (tertiary/aromatic N) is 2. The molecular weight excluding hydrogens is 276 g/mol. The predicted octanol–water partition coefficient (Wildman–Crippen LogP) is 3.07. The van der Waals surface area contributed by atoms with Crippen LogP contribution < -0.4 is 9.64 Å². The van der Waals surface area contributed by atoms with Crippen LogP contribution in [0.3, 0.4) is 0 Å². The average molecular weight is 302 g/mol. The van der Waals surface area contributed by atoms with Crippen LogP contribution in [0.25, 0.3) is 0 Å². The van der Waals surface area contributed by atoms with Crippen molar-refractivity contribution in [1.82, 2.24) is 4.90 Å². The number of amides is 1.